The number of hydrogen-bond acceptors (Lipinski definition) is 4. The maximum Gasteiger partial charge on any atom is 0.416 e. The minimum Gasteiger partial charge on any atom is -0.497 e. The number of carbonyl (C=O) groups excluding carboxylic acids is 1. The van der Waals surface area contributed by atoms with Crippen LogP contribution in [0.1, 0.15) is 29.2 Å². The molecular formula is C21H18F3N3O3. The molecule has 1 amide bonds. The van der Waals surface area contributed by atoms with Crippen molar-refractivity contribution in [3.05, 3.63) is 65.6 Å². The SMILES string of the molecule is COc1ccc(OC)c([C@H]2CC(=O)Nc3c2ncn3-c2ccc(C(F)(F)F)cc2)c1. The lowest BCUT2D eigenvalue weighted by Crippen LogP contribution is -2.25. The zero-order valence-electron chi connectivity index (χ0n) is 16.2. The number of imidazole rings is 1. The molecule has 1 N–H and O–H groups in total. The van der Waals surface area contributed by atoms with E-state index >= 15 is 0 Å². The van der Waals surface area contributed by atoms with Crippen LogP contribution in [0.4, 0.5) is 19.0 Å². The Morgan fingerprint density at radius 2 is 1.83 bits per heavy atom. The Morgan fingerprint density at radius 1 is 1.10 bits per heavy atom. The fourth-order valence-electron chi connectivity index (χ4n) is 3.58. The van der Waals surface area contributed by atoms with Crippen LogP contribution in [0.15, 0.2) is 48.8 Å². The molecule has 1 aliphatic rings. The van der Waals surface area contributed by atoms with Crippen molar-refractivity contribution in [2.45, 2.75) is 18.5 Å². The molecule has 156 valence electrons. The number of rotatable bonds is 4. The van der Waals surface area contributed by atoms with Crippen LogP contribution >= 0.6 is 0 Å². The van der Waals surface area contributed by atoms with Gasteiger partial charge in [0.1, 0.15) is 23.6 Å². The van der Waals surface area contributed by atoms with Crippen LogP contribution in [0.3, 0.4) is 0 Å². The van der Waals surface area contributed by atoms with E-state index in [0.29, 0.717) is 28.7 Å². The molecule has 2 aromatic carbocycles. The highest BCUT2D eigenvalue weighted by atomic mass is 19.4. The predicted octanol–water partition coefficient (Wildman–Crippen LogP) is 4.38. The molecule has 9 heteroatoms. The summed E-state index contributed by atoms with van der Waals surface area (Å²) in [4.78, 5) is 16.9. The first kappa shape index (κ1) is 19.8. The summed E-state index contributed by atoms with van der Waals surface area (Å²) in [6.07, 6.45) is -2.78. The van der Waals surface area contributed by atoms with Gasteiger partial charge in [0.25, 0.3) is 0 Å². The first-order valence-electron chi connectivity index (χ1n) is 9.08. The summed E-state index contributed by atoms with van der Waals surface area (Å²) in [5.74, 6) is 0.993. The molecule has 0 saturated carbocycles. The van der Waals surface area contributed by atoms with E-state index in [1.54, 1.807) is 29.9 Å². The molecule has 1 atom stereocenters. The number of anilines is 1. The van der Waals surface area contributed by atoms with Gasteiger partial charge in [-0.1, -0.05) is 0 Å². The van der Waals surface area contributed by atoms with Crippen LogP contribution < -0.4 is 14.8 Å². The van der Waals surface area contributed by atoms with E-state index in [4.69, 9.17) is 9.47 Å². The average Bonchev–Trinajstić information content (AvgIpc) is 3.15. The molecule has 0 aliphatic carbocycles. The summed E-state index contributed by atoms with van der Waals surface area (Å²) in [6.45, 7) is 0. The minimum atomic E-state index is -4.42. The smallest absolute Gasteiger partial charge is 0.416 e. The van der Waals surface area contributed by atoms with Crippen LogP contribution in [0, 0.1) is 0 Å². The van der Waals surface area contributed by atoms with Crippen molar-refractivity contribution in [1.82, 2.24) is 9.55 Å². The summed E-state index contributed by atoms with van der Waals surface area (Å²) in [5, 5.41) is 2.78. The van der Waals surface area contributed by atoms with Gasteiger partial charge in [-0.2, -0.15) is 13.2 Å². The van der Waals surface area contributed by atoms with Crippen LogP contribution in [-0.4, -0.2) is 29.7 Å². The normalized spacial score (nSPS) is 16.0. The lowest BCUT2D eigenvalue weighted by molar-refractivity contribution is -0.137. The number of methoxy groups -OCH3 is 2. The topological polar surface area (TPSA) is 65.4 Å². The van der Waals surface area contributed by atoms with Gasteiger partial charge in [-0.3, -0.25) is 9.36 Å². The van der Waals surface area contributed by atoms with Gasteiger partial charge in [0.15, 0.2) is 0 Å². The van der Waals surface area contributed by atoms with Crippen molar-refractivity contribution >= 4 is 11.7 Å². The Morgan fingerprint density at radius 3 is 2.47 bits per heavy atom. The Kier molecular flexibility index (Phi) is 4.89. The van der Waals surface area contributed by atoms with Crippen molar-refractivity contribution < 1.29 is 27.4 Å². The summed E-state index contributed by atoms with van der Waals surface area (Å²) in [7, 11) is 3.08. The van der Waals surface area contributed by atoms with E-state index < -0.39 is 17.7 Å². The molecule has 0 saturated heterocycles. The number of fused-ring (bicyclic) bond motifs is 1. The van der Waals surface area contributed by atoms with E-state index in [9.17, 15) is 18.0 Å². The lowest BCUT2D eigenvalue weighted by atomic mass is 9.89. The van der Waals surface area contributed by atoms with Crippen molar-refractivity contribution in [3.63, 3.8) is 0 Å². The van der Waals surface area contributed by atoms with Crippen molar-refractivity contribution in [3.8, 4) is 17.2 Å². The monoisotopic (exact) mass is 417 g/mol. The number of hydrogen-bond donors (Lipinski definition) is 1. The minimum absolute atomic E-state index is 0.153. The number of amides is 1. The van der Waals surface area contributed by atoms with Crippen LogP contribution in [0.25, 0.3) is 5.69 Å². The highest BCUT2D eigenvalue weighted by Gasteiger charge is 2.34. The molecule has 0 bridgehead atoms. The summed E-state index contributed by atoms with van der Waals surface area (Å²) in [6, 6.07) is 9.98. The zero-order chi connectivity index (χ0) is 21.5. The van der Waals surface area contributed by atoms with Gasteiger partial charge in [-0.25, -0.2) is 4.98 Å². The molecule has 3 aromatic rings. The first-order chi connectivity index (χ1) is 14.3. The third-order valence-corrected chi connectivity index (χ3v) is 5.06. The Balaban J connectivity index is 1.78. The largest absolute Gasteiger partial charge is 0.497 e. The van der Waals surface area contributed by atoms with Gasteiger partial charge < -0.3 is 14.8 Å². The molecular weight excluding hydrogens is 399 g/mol. The number of aromatic nitrogens is 2. The molecule has 30 heavy (non-hydrogen) atoms. The van der Waals surface area contributed by atoms with Crippen molar-refractivity contribution in [2.24, 2.45) is 0 Å². The van der Waals surface area contributed by atoms with Gasteiger partial charge in [0.2, 0.25) is 5.91 Å². The zero-order valence-corrected chi connectivity index (χ0v) is 16.2. The maximum atomic E-state index is 12.9. The predicted molar refractivity (Wildman–Crippen MR) is 103 cm³/mol. The Hall–Kier alpha value is -3.49. The van der Waals surface area contributed by atoms with E-state index in [2.05, 4.69) is 10.3 Å². The second-order valence-corrected chi connectivity index (χ2v) is 6.81. The molecule has 0 spiro atoms. The van der Waals surface area contributed by atoms with E-state index in [-0.39, 0.29) is 12.3 Å². The summed E-state index contributed by atoms with van der Waals surface area (Å²) in [5.41, 5.74) is 1.05. The number of carbonyl (C=O) groups is 1. The van der Waals surface area contributed by atoms with E-state index in [0.717, 1.165) is 17.7 Å². The number of benzene rings is 2. The molecule has 1 aromatic heterocycles. The fourth-order valence-corrected chi connectivity index (χ4v) is 3.58. The van der Waals surface area contributed by atoms with Crippen LogP contribution in [-0.2, 0) is 11.0 Å². The fraction of sp³-hybridized carbons (Fsp3) is 0.238. The molecule has 6 nitrogen and oxygen atoms in total. The standard InChI is InChI=1S/C21H18F3N3O3/c1-29-14-7-8-17(30-2)15(9-14)16-10-18(28)26-20-19(16)25-11-27(20)13-5-3-12(4-6-13)21(22,23)24/h3-9,11,16H,10H2,1-2H3,(H,26,28)/t16-/m1/s1. The quantitative estimate of drug-likeness (QED) is 0.684. The highest BCUT2D eigenvalue weighted by Crippen LogP contribution is 2.42. The van der Waals surface area contributed by atoms with Gasteiger partial charge in [0, 0.05) is 23.6 Å². The van der Waals surface area contributed by atoms with Gasteiger partial charge in [0.05, 0.1) is 25.5 Å². The van der Waals surface area contributed by atoms with Gasteiger partial charge in [-0.05, 0) is 42.5 Å². The molecule has 0 fully saturated rings. The second-order valence-electron chi connectivity index (χ2n) is 6.81. The highest BCUT2D eigenvalue weighted by molar-refractivity contribution is 5.94. The van der Waals surface area contributed by atoms with E-state index in [1.165, 1.54) is 25.6 Å². The molecule has 0 unspecified atom stereocenters. The van der Waals surface area contributed by atoms with Crippen LogP contribution in [0.5, 0.6) is 11.5 Å². The summed E-state index contributed by atoms with van der Waals surface area (Å²) < 4.78 is 50.9. The Labute approximate surface area is 170 Å². The first-order valence-corrected chi connectivity index (χ1v) is 9.08. The number of alkyl halides is 3. The van der Waals surface area contributed by atoms with Gasteiger partial charge in [-0.15, -0.1) is 0 Å². The summed E-state index contributed by atoms with van der Waals surface area (Å²) >= 11 is 0. The van der Waals surface area contributed by atoms with Crippen molar-refractivity contribution in [2.75, 3.05) is 19.5 Å². The molecule has 2 heterocycles. The molecule has 4 rings (SSSR count). The second kappa shape index (κ2) is 7.40. The Bertz CT molecular complexity index is 1090. The maximum absolute atomic E-state index is 12.9. The van der Waals surface area contributed by atoms with E-state index in [1.807, 2.05) is 0 Å². The van der Waals surface area contributed by atoms with Gasteiger partial charge >= 0.3 is 6.18 Å². The van der Waals surface area contributed by atoms with Crippen molar-refractivity contribution in [1.29, 1.82) is 0 Å². The molecule has 0 radical (unpaired) electrons. The third-order valence-electron chi connectivity index (χ3n) is 5.06. The lowest BCUT2D eigenvalue weighted by Gasteiger charge is -2.25. The molecule has 1 aliphatic heterocycles. The number of halogens is 3. The van der Waals surface area contributed by atoms with Crippen LogP contribution in [0.2, 0.25) is 0 Å². The number of nitrogens with one attached hydrogen (secondary N) is 1. The number of nitrogens with zero attached hydrogens (tertiary/aromatic N) is 2. The number of ether oxygens (including phenoxy) is 2. The third kappa shape index (κ3) is 3.47. The average molecular weight is 417 g/mol.